The second-order valence-electron chi connectivity index (χ2n) is 6.31. The van der Waals surface area contributed by atoms with Crippen molar-refractivity contribution in [3.05, 3.63) is 10.6 Å². The van der Waals surface area contributed by atoms with Gasteiger partial charge in [-0.1, -0.05) is 52.9 Å². The highest BCUT2D eigenvalue weighted by molar-refractivity contribution is 7.15. The van der Waals surface area contributed by atoms with Gasteiger partial charge in [-0.3, -0.25) is 0 Å². The summed E-state index contributed by atoms with van der Waals surface area (Å²) in [6.07, 6.45) is 0. The van der Waals surface area contributed by atoms with Crippen LogP contribution in [0.25, 0.3) is 0 Å². The van der Waals surface area contributed by atoms with Crippen LogP contribution in [0.3, 0.4) is 0 Å². The molecule has 0 aliphatic heterocycles. The van der Waals surface area contributed by atoms with Crippen molar-refractivity contribution in [1.29, 1.82) is 0 Å². The summed E-state index contributed by atoms with van der Waals surface area (Å²) in [5.74, 6) is 1.59. The van der Waals surface area contributed by atoms with Gasteiger partial charge < -0.3 is 10.0 Å². The number of hydrogen-bond donors (Lipinski definition) is 1. The smallest absolute Gasteiger partial charge is 0.185 e. The lowest BCUT2D eigenvalue weighted by atomic mass is 10.1. The maximum absolute atomic E-state index is 9.48. The van der Waals surface area contributed by atoms with Gasteiger partial charge in [0.05, 0.1) is 17.2 Å². The molecule has 1 N–H and O–H groups in total. The molecule has 0 aliphatic carbocycles. The van der Waals surface area contributed by atoms with Crippen molar-refractivity contribution in [3.8, 4) is 0 Å². The quantitative estimate of drug-likeness (QED) is 0.825. The fourth-order valence-corrected chi connectivity index (χ4v) is 3.26. The van der Waals surface area contributed by atoms with Crippen LogP contribution < -0.4 is 4.90 Å². The van der Waals surface area contributed by atoms with Gasteiger partial charge in [0.2, 0.25) is 0 Å². The number of hydrogen-bond acceptors (Lipinski definition) is 4. The number of thiazole rings is 1. The van der Waals surface area contributed by atoms with E-state index in [-0.39, 0.29) is 6.61 Å². The van der Waals surface area contributed by atoms with E-state index in [9.17, 15) is 5.11 Å². The normalized spacial score (nSPS) is 11.9. The number of anilines is 1. The van der Waals surface area contributed by atoms with E-state index in [0.29, 0.717) is 17.8 Å². The van der Waals surface area contributed by atoms with E-state index in [0.717, 1.165) is 28.8 Å². The zero-order valence-corrected chi connectivity index (χ0v) is 13.9. The highest BCUT2D eigenvalue weighted by atomic mass is 32.1. The number of aliphatic hydroxyl groups is 1. The van der Waals surface area contributed by atoms with Crippen molar-refractivity contribution in [3.63, 3.8) is 0 Å². The molecule has 0 atom stereocenters. The Labute approximate surface area is 121 Å². The van der Waals surface area contributed by atoms with Gasteiger partial charge in [-0.15, -0.1) is 0 Å². The molecule has 0 amide bonds. The third-order valence-corrected chi connectivity index (χ3v) is 3.97. The van der Waals surface area contributed by atoms with Gasteiger partial charge in [-0.05, 0) is 17.8 Å². The summed E-state index contributed by atoms with van der Waals surface area (Å²) in [6.45, 7) is 15.3. The average molecular weight is 284 g/mol. The topological polar surface area (TPSA) is 36.4 Å². The molecule has 0 unspecified atom stereocenters. The number of rotatable bonds is 7. The van der Waals surface area contributed by atoms with Crippen molar-refractivity contribution < 1.29 is 5.11 Å². The molecule has 19 heavy (non-hydrogen) atoms. The molecular formula is C15H28N2OS. The molecule has 0 aliphatic rings. The van der Waals surface area contributed by atoms with Crippen LogP contribution in [0.5, 0.6) is 0 Å². The average Bonchev–Trinajstić information content (AvgIpc) is 2.70. The fourth-order valence-electron chi connectivity index (χ4n) is 2.16. The van der Waals surface area contributed by atoms with Crippen LogP contribution in [0, 0.1) is 11.8 Å². The minimum absolute atomic E-state index is 0.0996. The lowest BCUT2D eigenvalue weighted by molar-refractivity contribution is 0.283. The molecule has 110 valence electrons. The molecule has 0 fully saturated rings. The predicted molar refractivity (Wildman–Crippen MR) is 84.0 cm³/mol. The first kappa shape index (κ1) is 16.4. The first-order chi connectivity index (χ1) is 8.85. The molecule has 1 aromatic rings. The van der Waals surface area contributed by atoms with E-state index >= 15 is 0 Å². The molecule has 1 aromatic heterocycles. The summed E-state index contributed by atoms with van der Waals surface area (Å²) in [4.78, 5) is 8.15. The van der Waals surface area contributed by atoms with Gasteiger partial charge in [0, 0.05) is 13.1 Å². The Morgan fingerprint density at radius 3 is 1.89 bits per heavy atom. The SMILES string of the molecule is CC(C)CN(CC(C)C)c1nc(C(C)C)c(CO)s1. The molecule has 0 saturated heterocycles. The van der Waals surface area contributed by atoms with Crippen LogP contribution in [0.2, 0.25) is 0 Å². The van der Waals surface area contributed by atoms with Gasteiger partial charge in [-0.2, -0.15) is 0 Å². The zero-order valence-electron chi connectivity index (χ0n) is 13.1. The van der Waals surface area contributed by atoms with Gasteiger partial charge in [0.15, 0.2) is 5.13 Å². The summed E-state index contributed by atoms with van der Waals surface area (Å²) in [7, 11) is 0. The Bertz CT molecular complexity index is 375. The van der Waals surface area contributed by atoms with E-state index in [1.54, 1.807) is 11.3 Å². The molecule has 1 heterocycles. The molecule has 0 spiro atoms. The van der Waals surface area contributed by atoms with Crippen LogP contribution in [0.4, 0.5) is 5.13 Å². The molecule has 0 aromatic carbocycles. The first-order valence-electron chi connectivity index (χ1n) is 7.20. The summed E-state index contributed by atoms with van der Waals surface area (Å²) in [6, 6.07) is 0. The molecule has 0 bridgehead atoms. The summed E-state index contributed by atoms with van der Waals surface area (Å²) in [5, 5.41) is 10.5. The highest BCUT2D eigenvalue weighted by Gasteiger charge is 2.19. The van der Waals surface area contributed by atoms with Crippen molar-refractivity contribution >= 4 is 16.5 Å². The summed E-state index contributed by atoms with van der Waals surface area (Å²) in [5.41, 5.74) is 1.06. The second-order valence-corrected chi connectivity index (χ2v) is 7.37. The third-order valence-electron chi connectivity index (χ3n) is 2.85. The molecule has 4 heteroatoms. The lowest BCUT2D eigenvalue weighted by Gasteiger charge is -2.25. The van der Waals surface area contributed by atoms with Crippen molar-refractivity contribution in [2.75, 3.05) is 18.0 Å². The Morgan fingerprint density at radius 2 is 1.58 bits per heavy atom. The zero-order chi connectivity index (χ0) is 14.6. The van der Waals surface area contributed by atoms with E-state index in [4.69, 9.17) is 4.98 Å². The minimum atomic E-state index is 0.0996. The Kier molecular flexibility index (Phi) is 6.27. The standard InChI is InChI=1S/C15H28N2OS/c1-10(2)7-17(8-11(3)4)15-16-14(12(5)6)13(9-18)19-15/h10-12,18H,7-9H2,1-6H3. The Balaban J connectivity index is 3.01. The predicted octanol–water partition coefficient (Wildman–Crippen LogP) is 3.88. The molecule has 1 rings (SSSR count). The first-order valence-corrected chi connectivity index (χ1v) is 8.02. The van der Waals surface area contributed by atoms with Crippen molar-refractivity contribution in [1.82, 2.24) is 4.98 Å². The Morgan fingerprint density at radius 1 is 1.05 bits per heavy atom. The van der Waals surface area contributed by atoms with E-state index in [1.807, 2.05) is 0 Å². The largest absolute Gasteiger partial charge is 0.391 e. The van der Waals surface area contributed by atoms with Crippen LogP contribution >= 0.6 is 11.3 Å². The summed E-state index contributed by atoms with van der Waals surface area (Å²) >= 11 is 1.64. The maximum Gasteiger partial charge on any atom is 0.185 e. The van der Waals surface area contributed by atoms with E-state index < -0.39 is 0 Å². The fraction of sp³-hybridized carbons (Fsp3) is 0.800. The number of nitrogens with zero attached hydrogens (tertiary/aromatic N) is 2. The van der Waals surface area contributed by atoms with Crippen molar-refractivity contribution in [2.24, 2.45) is 11.8 Å². The molecule has 0 saturated carbocycles. The maximum atomic E-state index is 9.48. The lowest BCUT2D eigenvalue weighted by Crippen LogP contribution is -2.31. The molecular weight excluding hydrogens is 256 g/mol. The highest BCUT2D eigenvalue weighted by Crippen LogP contribution is 2.31. The molecule has 3 nitrogen and oxygen atoms in total. The van der Waals surface area contributed by atoms with Crippen molar-refractivity contribution in [2.45, 2.75) is 54.1 Å². The number of aromatic nitrogens is 1. The Hall–Kier alpha value is -0.610. The second kappa shape index (κ2) is 7.25. The van der Waals surface area contributed by atoms with E-state index in [1.165, 1.54) is 0 Å². The third kappa shape index (κ3) is 4.77. The van der Waals surface area contributed by atoms with Crippen LogP contribution in [-0.4, -0.2) is 23.2 Å². The summed E-state index contributed by atoms with van der Waals surface area (Å²) < 4.78 is 0. The van der Waals surface area contributed by atoms with Gasteiger partial charge >= 0.3 is 0 Å². The monoisotopic (exact) mass is 284 g/mol. The minimum Gasteiger partial charge on any atom is -0.391 e. The van der Waals surface area contributed by atoms with Crippen LogP contribution in [0.15, 0.2) is 0 Å². The van der Waals surface area contributed by atoms with Gasteiger partial charge in [0.25, 0.3) is 0 Å². The van der Waals surface area contributed by atoms with Gasteiger partial charge in [-0.25, -0.2) is 4.98 Å². The molecule has 0 radical (unpaired) electrons. The van der Waals surface area contributed by atoms with E-state index in [2.05, 4.69) is 46.4 Å². The number of aliphatic hydroxyl groups excluding tert-OH is 1. The van der Waals surface area contributed by atoms with Crippen LogP contribution in [-0.2, 0) is 6.61 Å². The van der Waals surface area contributed by atoms with Gasteiger partial charge in [0.1, 0.15) is 0 Å². The van der Waals surface area contributed by atoms with Crippen LogP contribution in [0.1, 0.15) is 58.0 Å².